The van der Waals surface area contributed by atoms with E-state index in [0.29, 0.717) is 11.5 Å². The monoisotopic (exact) mass is 361 g/mol. The molecule has 5 nitrogen and oxygen atoms in total. The number of aromatic nitrogens is 2. The van der Waals surface area contributed by atoms with Gasteiger partial charge in [0.1, 0.15) is 5.82 Å². The lowest BCUT2D eigenvalue weighted by Crippen LogP contribution is -2.22. The van der Waals surface area contributed by atoms with Crippen LogP contribution in [0.5, 0.6) is 0 Å². The van der Waals surface area contributed by atoms with Crippen LogP contribution in [0, 0.1) is 6.92 Å². The summed E-state index contributed by atoms with van der Waals surface area (Å²) in [5.41, 5.74) is 3.52. The van der Waals surface area contributed by atoms with Crippen molar-refractivity contribution in [2.24, 2.45) is 0 Å². The first kappa shape index (κ1) is 17.3. The minimum atomic E-state index is -0.368. The number of nitrogens with zero attached hydrogens (tertiary/aromatic N) is 3. The van der Waals surface area contributed by atoms with Gasteiger partial charge in [-0.2, -0.15) is 0 Å². The van der Waals surface area contributed by atoms with Gasteiger partial charge in [-0.05, 0) is 31.9 Å². The molecule has 0 amide bonds. The Balaban J connectivity index is 1.99. The molecule has 1 aromatic heterocycles. The molecule has 0 N–H and O–H groups in total. The molecule has 0 saturated carbocycles. The molecule has 1 fully saturated rings. The molecule has 0 radical (unpaired) electrons. The van der Waals surface area contributed by atoms with Gasteiger partial charge in [-0.25, -0.2) is 9.78 Å². The number of carbonyl (C=O) groups excluding carboxylic acids is 1. The largest absolute Gasteiger partial charge is 0.464 e. The van der Waals surface area contributed by atoms with Crippen LogP contribution >= 0.6 is 0 Å². The Labute approximate surface area is 159 Å². The normalized spacial score (nSPS) is 13.8. The number of aryl methyl sites for hydroxylation is 1. The lowest BCUT2D eigenvalue weighted by atomic mass is 10.2. The topological polar surface area (TPSA) is 47.4 Å². The first-order valence-electron chi connectivity index (χ1n) is 9.27. The Morgan fingerprint density at radius 3 is 2.30 bits per heavy atom. The third-order valence-corrected chi connectivity index (χ3v) is 4.97. The third-order valence-electron chi connectivity index (χ3n) is 4.97. The first-order chi connectivity index (χ1) is 13.2. The quantitative estimate of drug-likeness (QED) is 0.652. The molecule has 0 unspecified atom stereocenters. The summed E-state index contributed by atoms with van der Waals surface area (Å²) in [5, 5.41) is 0. The summed E-state index contributed by atoms with van der Waals surface area (Å²) in [6.45, 7) is 3.86. The zero-order valence-electron chi connectivity index (χ0n) is 15.7. The predicted octanol–water partition coefficient (Wildman–Crippen LogP) is 4.23. The Bertz CT molecular complexity index is 940. The summed E-state index contributed by atoms with van der Waals surface area (Å²) in [5.74, 6) is 1.09. The maximum atomic E-state index is 12.8. The number of benzene rings is 2. The van der Waals surface area contributed by atoms with Crippen LogP contribution in [-0.4, -0.2) is 35.7 Å². The van der Waals surface area contributed by atoms with Gasteiger partial charge in [0.2, 0.25) is 0 Å². The van der Waals surface area contributed by atoms with Crippen molar-refractivity contribution in [3.63, 3.8) is 0 Å². The van der Waals surface area contributed by atoms with E-state index in [9.17, 15) is 4.79 Å². The molecule has 2 aromatic carbocycles. The first-order valence-corrected chi connectivity index (χ1v) is 9.27. The van der Waals surface area contributed by atoms with E-state index in [1.165, 1.54) is 12.7 Å². The van der Waals surface area contributed by atoms with Gasteiger partial charge in [0.25, 0.3) is 0 Å². The zero-order chi connectivity index (χ0) is 18.8. The van der Waals surface area contributed by atoms with E-state index in [4.69, 9.17) is 9.72 Å². The molecule has 138 valence electrons. The molecular formula is C22H23N3O2. The van der Waals surface area contributed by atoms with Crippen molar-refractivity contribution in [2.75, 3.05) is 25.1 Å². The minimum absolute atomic E-state index is 0.368. The highest BCUT2D eigenvalue weighted by Crippen LogP contribution is 2.33. The molecule has 0 aliphatic carbocycles. The summed E-state index contributed by atoms with van der Waals surface area (Å²) >= 11 is 0. The highest BCUT2D eigenvalue weighted by molar-refractivity contribution is 5.95. The standard InChI is InChI=1S/C22H23N3O2/c1-16-10-12-18(13-11-16)25-19(22(26)27-2)21(24-14-6-7-15-24)23-20(25)17-8-4-3-5-9-17/h3-5,8-13H,6-7,14-15H2,1-2H3. The van der Waals surface area contributed by atoms with Crippen LogP contribution in [-0.2, 0) is 4.74 Å². The molecular weight excluding hydrogens is 338 g/mol. The number of carbonyl (C=O) groups is 1. The van der Waals surface area contributed by atoms with Gasteiger partial charge in [0.05, 0.1) is 7.11 Å². The molecule has 1 aliphatic rings. The molecule has 27 heavy (non-hydrogen) atoms. The van der Waals surface area contributed by atoms with Crippen molar-refractivity contribution in [3.05, 3.63) is 65.9 Å². The maximum absolute atomic E-state index is 12.8. The molecule has 0 bridgehead atoms. The van der Waals surface area contributed by atoms with E-state index in [2.05, 4.69) is 4.90 Å². The van der Waals surface area contributed by atoms with Gasteiger partial charge in [-0.3, -0.25) is 4.57 Å². The lowest BCUT2D eigenvalue weighted by Gasteiger charge is -2.16. The molecule has 3 aromatic rings. The molecule has 0 spiro atoms. The van der Waals surface area contributed by atoms with Gasteiger partial charge in [0, 0.05) is 24.3 Å². The van der Waals surface area contributed by atoms with E-state index in [1.807, 2.05) is 66.1 Å². The van der Waals surface area contributed by atoms with Crippen molar-refractivity contribution < 1.29 is 9.53 Å². The molecule has 2 heterocycles. The fourth-order valence-electron chi connectivity index (χ4n) is 3.56. The molecule has 4 rings (SSSR count). The highest BCUT2D eigenvalue weighted by atomic mass is 16.5. The van der Waals surface area contributed by atoms with Crippen molar-refractivity contribution >= 4 is 11.8 Å². The van der Waals surface area contributed by atoms with Crippen LogP contribution in [0.15, 0.2) is 54.6 Å². The number of anilines is 1. The van der Waals surface area contributed by atoms with E-state index in [0.717, 1.165) is 43.0 Å². The smallest absolute Gasteiger partial charge is 0.358 e. The van der Waals surface area contributed by atoms with Crippen molar-refractivity contribution in [1.82, 2.24) is 9.55 Å². The summed E-state index contributed by atoms with van der Waals surface area (Å²) in [6.07, 6.45) is 2.22. The molecule has 0 atom stereocenters. The average Bonchev–Trinajstić information content (AvgIpc) is 3.36. The maximum Gasteiger partial charge on any atom is 0.358 e. The van der Waals surface area contributed by atoms with Crippen LogP contribution in [0.1, 0.15) is 28.9 Å². The van der Waals surface area contributed by atoms with E-state index < -0.39 is 0 Å². The van der Waals surface area contributed by atoms with Crippen LogP contribution in [0.3, 0.4) is 0 Å². The lowest BCUT2D eigenvalue weighted by molar-refractivity contribution is 0.0592. The van der Waals surface area contributed by atoms with Gasteiger partial charge in [-0.15, -0.1) is 0 Å². The van der Waals surface area contributed by atoms with Gasteiger partial charge in [0.15, 0.2) is 11.5 Å². The third kappa shape index (κ3) is 3.21. The summed E-state index contributed by atoms with van der Waals surface area (Å²) in [4.78, 5) is 19.9. The number of rotatable bonds is 4. The number of hydrogen-bond donors (Lipinski definition) is 0. The Kier molecular flexibility index (Phi) is 4.67. The molecule has 5 heteroatoms. The van der Waals surface area contributed by atoms with Crippen LogP contribution in [0.25, 0.3) is 17.1 Å². The Morgan fingerprint density at radius 2 is 1.67 bits per heavy atom. The Morgan fingerprint density at radius 1 is 1.00 bits per heavy atom. The fraction of sp³-hybridized carbons (Fsp3) is 0.273. The second-order valence-corrected chi connectivity index (χ2v) is 6.83. The van der Waals surface area contributed by atoms with Gasteiger partial charge >= 0.3 is 5.97 Å². The molecule has 1 aliphatic heterocycles. The minimum Gasteiger partial charge on any atom is -0.464 e. The van der Waals surface area contributed by atoms with Crippen LogP contribution in [0.2, 0.25) is 0 Å². The second kappa shape index (κ2) is 7.27. The van der Waals surface area contributed by atoms with Crippen molar-refractivity contribution in [2.45, 2.75) is 19.8 Å². The molecule has 1 saturated heterocycles. The predicted molar refractivity (Wildman–Crippen MR) is 107 cm³/mol. The van der Waals surface area contributed by atoms with Crippen molar-refractivity contribution in [3.8, 4) is 17.1 Å². The number of hydrogen-bond acceptors (Lipinski definition) is 4. The summed E-state index contributed by atoms with van der Waals surface area (Å²) in [7, 11) is 1.42. The number of methoxy groups -OCH3 is 1. The fourth-order valence-corrected chi connectivity index (χ4v) is 3.56. The number of esters is 1. The van der Waals surface area contributed by atoms with Gasteiger partial charge in [-0.1, -0.05) is 48.0 Å². The van der Waals surface area contributed by atoms with Gasteiger partial charge < -0.3 is 9.64 Å². The zero-order valence-corrected chi connectivity index (χ0v) is 15.7. The van der Waals surface area contributed by atoms with Crippen LogP contribution < -0.4 is 4.90 Å². The van der Waals surface area contributed by atoms with E-state index >= 15 is 0 Å². The highest BCUT2D eigenvalue weighted by Gasteiger charge is 2.30. The number of ether oxygens (including phenoxy) is 1. The number of imidazole rings is 1. The summed E-state index contributed by atoms with van der Waals surface area (Å²) in [6, 6.07) is 18.1. The van der Waals surface area contributed by atoms with Crippen LogP contribution in [0.4, 0.5) is 5.82 Å². The summed E-state index contributed by atoms with van der Waals surface area (Å²) < 4.78 is 7.07. The van der Waals surface area contributed by atoms with Crippen molar-refractivity contribution in [1.29, 1.82) is 0 Å². The second-order valence-electron chi connectivity index (χ2n) is 6.83. The van der Waals surface area contributed by atoms with E-state index in [-0.39, 0.29) is 5.97 Å². The SMILES string of the molecule is COC(=O)c1c(N2CCCC2)nc(-c2ccccc2)n1-c1ccc(C)cc1. The Hall–Kier alpha value is -3.08. The van der Waals surface area contributed by atoms with E-state index in [1.54, 1.807) is 0 Å². The average molecular weight is 361 g/mol.